The van der Waals surface area contributed by atoms with Gasteiger partial charge >= 0.3 is 11.9 Å². The molecule has 0 saturated heterocycles. The Morgan fingerprint density at radius 1 is 0.591 bits per heavy atom. The molecule has 0 fully saturated rings. The summed E-state index contributed by atoms with van der Waals surface area (Å²) in [6.45, 7) is 5.11. The van der Waals surface area contributed by atoms with Gasteiger partial charge in [-0.3, -0.25) is 9.59 Å². The molecule has 0 aliphatic heterocycles. The van der Waals surface area contributed by atoms with Crippen molar-refractivity contribution in [1.29, 1.82) is 0 Å². The Balaban J connectivity index is 3.11. The highest BCUT2D eigenvalue weighted by Gasteiger charge is 2.01. The van der Waals surface area contributed by atoms with Crippen LogP contribution >= 0.6 is 0 Å². The average molecular weight is 314 g/mol. The average Bonchev–Trinajstić information content (AvgIpc) is 2.49. The standard InChI is InChI=1S/C18H34O4/c1-3-13-17(19)21-15-11-9-7-5-6-8-10-12-16-22-18(20)14-4-2/h3-16H2,1-2H3. The first-order valence-electron chi connectivity index (χ1n) is 9.02. The number of carbonyl (C=O) groups excluding carboxylic acids is 2. The lowest BCUT2D eigenvalue weighted by Gasteiger charge is -2.05. The Bertz CT molecular complexity index is 248. The summed E-state index contributed by atoms with van der Waals surface area (Å²) in [5.41, 5.74) is 0. The molecule has 0 rings (SSSR count). The molecule has 0 amide bonds. The number of hydrogen-bond acceptors (Lipinski definition) is 4. The van der Waals surface area contributed by atoms with E-state index in [0.29, 0.717) is 26.1 Å². The predicted molar refractivity (Wildman–Crippen MR) is 88.7 cm³/mol. The van der Waals surface area contributed by atoms with E-state index in [4.69, 9.17) is 9.47 Å². The van der Waals surface area contributed by atoms with Crippen molar-refractivity contribution in [3.8, 4) is 0 Å². The predicted octanol–water partition coefficient (Wildman–Crippen LogP) is 4.79. The van der Waals surface area contributed by atoms with Crippen molar-refractivity contribution in [2.75, 3.05) is 13.2 Å². The molecule has 0 heterocycles. The maximum absolute atomic E-state index is 11.1. The fraction of sp³-hybridized carbons (Fsp3) is 0.889. The summed E-state index contributed by atoms with van der Waals surface area (Å²) in [5.74, 6) is -0.135. The second-order valence-corrected chi connectivity index (χ2v) is 5.77. The van der Waals surface area contributed by atoms with Crippen LogP contribution in [0.3, 0.4) is 0 Å². The van der Waals surface area contributed by atoms with E-state index in [1.807, 2.05) is 13.8 Å². The zero-order valence-electron chi connectivity index (χ0n) is 14.5. The van der Waals surface area contributed by atoms with Crippen molar-refractivity contribution < 1.29 is 19.1 Å². The molecule has 0 aromatic carbocycles. The number of hydrogen-bond donors (Lipinski definition) is 0. The molecular formula is C18H34O4. The second kappa shape index (κ2) is 16.3. The van der Waals surface area contributed by atoms with Crippen LogP contribution in [0.15, 0.2) is 0 Å². The summed E-state index contributed by atoms with van der Waals surface area (Å²) < 4.78 is 10.2. The molecule has 0 saturated carbocycles. The van der Waals surface area contributed by atoms with E-state index in [1.165, 1.54) is 25.7 Å². The quantitative estimate of drug-likeness (QED) is 0.322. The van der Waals surface area contributed by atoms with E-state index >= 15 is 0 Å². The lowest BCUT2D eigenvalue weighted by molar-refractivity contribution is -0.144. The van der Waals surface area contributed by atoms with Crippen LogP contribution in [0.4, 0.5) is 0 Å². The zero-order chi connectivity index (χ0) is 16.5. The highest BCUT2D eigenvalue weighted by molar-refractivity contribution is 5.69. The number of esters is 2. The summed E-state index contributed by atoms with van der Waals surface area (Å²) in [6, 6.07) is 0. The monoisotopic (exact) mass is 314 g/mol. The molecular weight excluding hydrogens is 280 g/mol. The van der Waals surface area contributed by atoms with Crippen molar-refractivity contribution in [2.45, 2.75) is 90.9 Å². The van der Waals surface area contributed by atoms with E-state index in [9.17, 15) is 9.59 Å². The van der Waals surface area contributed by atoms with Gasteiger partial charge in [-0.2, -0.15) is 0 Å². The van der Waals surface area contributed by atoms with Gasteiger partial charge in [0.05, 0.1) is 13.2 Å². The molecule has 0 aromatic heterocycles. The maximum Gasteiger partial charge on any atom is 0.305 e. The molecule has 0 aromatic rings. The van der Waals surface area contributed by atoms with Gasteiger partial charge in [0, 0.05) is 12.8 Å². The van der Waals surface area contributed by atoms with Gasteiger partial charge in [-0.15, -0.1) is 0 Å². The largest absolute Gasteiger partial charge is 0.466 e. The molecule has 130 valence electrons. The first-order chi connectivity index (χ1) is 10.7. The molecule has 0 N–H and O–H groups in total. The third-order valence-electron chi connectivity index (χ3n) is 3.47. The van der Waals surface area contributed by atoms with Crippen LogP contribution in [-0.4, -0.2) is 25.2 Å². The van der Waals surface area contributed by atoms with E-state index in [-0.39, 0.29) is 11.9 Å². The van der Waals surface area contributed by atoms with E-state index in [1.54, 1.807) is 0 Å². The smallest absolute Gasteiger partial charge is 0.305 e. The number of rotatable bonds is 15. The molecule has 4 heteroatoms. The summed E-state index contributed by atoms with van der Waals surface area (Å²) >= 11 is 0. The minimum Gasteiger partial charge on any atom is -0.466 e. The van der Waals surface area contributed by atoms with Gasteiger partial charge in [-0.1, -0.05) is 52.4 Å². The molecule has 0 aliphatic carbocycles. The van der Waals surface area contributed by atoms with Crippen molar-refractivity contribution in [2.24, 2.45) is 0 Å². The Labute approximate surface area is 135 Å². The second-order valence-electron chi connectivity index (χ2n) is 5.77. The van der Waals surface area contributed by atoms with Gasteiger partial charge in [-0.25, -0.2) is 0 Å². The van der Waals surface area contributed by atoms with Crippen molar-refractivity contribution >= 4 is 11.9 Å². The molecule has 0 unspecified atom stereocenters. The van der Waals surface area contributed by atoms with Crippen LogP contribution in [0.5, 0.6) is 0 Å². The van der Waals surface area contributed by atoms with E-state index in [0.717, 1.165) is 38.5 Å². The minimum absolute atomic E-state index is 0.0675. The molecule has 0 aliphatic rings. The van der Waals surface area contributed by atoms with Crippen LogP contribution in [0.1, 0.15) is 90.9 Å². The molecule has 22 heavy (non-hydrogen) atoms. The van der Waals surface area contributed by atoms with Gasteiger partial charge in [0.15, 0.2) is 0 Å². The van der Waals surface area contributed by atoms with E-state index < -0.39 is 0 Å². The van der Waals surface area contributed by atoms with Crippen molar-refractivity contribution in [3.63, 3.8) is 0 Å². The summed E-state index contributed by atoms with van der Waals surface area (Å²) in [6.07, 6.45) is 11.9. The maximum atomic E-state index is 11.1. The highest BCUT2D eigenvalue weighted by Crippen LogP contribution is 2.09. The molecule has 0 radical (unpaired) electrons. The zero-order valence-corrected chi connectivity index (χ0v) is 14.5. The van der Waals surface area contributed by atoms with Crippen molar-refractivity contribution in [3.05, 3.63) is 0 Å². The summed E-state index contributed by atoms with van der Waals surface area (Å²) in [5, 5.41) is 0. The van der Waals surface area contributed by atoms with Crippen LogP contribution in [0.2, 0.25) is 0 Å². The lowest BCUT2D eigenvalue weighted by Crippen LogP contribution is -2.05. The van der Waals surface area contributed by atoms with Crippen LogP contribution in [-0.2, 0) is 19.1 Å². The third-order valence-corrected chi connectivity index (χ3v) is 3.47. The van der Waals surface area contributed by atoms with E-state index in [2.05, 4.69) is 0 Å². The van der Waals surface area contributed by atoms with Crippen LogP contribution < -0.4 is 0 Å². The molecule has 0 spiro atoms. The number of unbranched alkanes of at least 4 members (excludes halogenated alkanes) is 7. The van der Waals surface area contributed by atoms with Gasteiger partial charge in [0.25, 0.3) is 0 Å². The van der Waals surface area contributed by atoms with Gasteiger partial charge < -0.3 is 9.47 Å². The fourth-order valence-electron chi connectivity index (χ4n) is 2.19. The van der Waals surface area contributed by atoms with Crippen molar-refractivity contribution in [1.82, 2.24) is 0 Å². The Hall–Kier alpha value is -1.06. The van der Waals surface area contributed by atoms with Gasteiger partial charge in [-0.05, 0) is 25.7 Å². The minimum atomic E-state index is -0.0675. The van der Waals surface area contributed by atoms with Crippen LogP contribution in [0, 0.1) is 0 Å². The first kappa shape index (κ1) is 20.9. The van der Waals surface area contributed by atoms with Crippen LogP contribution in [0.25, 0.3) is 0 Å². The topological polar surface area (TPSA) is 52.6 Å². The Morgan fingerprint density at radius 3 is 1.23 bits per heavy atom. The summed E-state index contributed by atoms with van der Waals surface area (Å²) in [4.78, 5) is 22.3. The van der Waals surface area contributed by atoms with Gasteiger partial charge in [0.2, 0.25) is 0 Å². The van der Waals surface area contributed by atoms with Gasteiger partial charge in [0.1, 0.15) is 0 Å². The normalized spacial score (nSPS) is 10.5. The summed E-state index contributed by atoms with van der Waals surface area (Å²) in [7, 11) is 0. The third kappa shape index (κ3) is 15.3. The first-order valence-corrected chi connectivity index (χ1v) is 9.02. The number of carbonyl (C=O) groups is 2. The Kier molecular flexibility index (Phi) is 15.5. The molecule has 0 bridgehead atoms. The fourth-order valence-corrected chi connectivity index (χ4v) is 2.19. The SMILES string of the molecule is CCCC(=O)OCCCCCCCCCCOC(=O)CCC. The molecule has 4 nitrogen and oxygen atoms in total. The molecule has 0 atom stereocenters. The Morgan fingerprint density at radius 2 is 0.909 bits per heavy atom. The lowest BCUT2D eigenvalue weighted by atomic mass is 10.1. The number of ether oxygens (including phenoxy) is 2. The highest BCUT2D eigenvalue weighted by atomic mass is 16.5.